The van der Waals surface area contributed by atoms with Crippen LogP contribution >= 0.6 is 15.9 Å². The molecule has 1 heterocycles. The maximum absolute atomic E-state index is 8.87. The van der Waals surface area contributed by atoms with Gasteiger partial charge in [0.25, 0.3) is 0 Å². The van der Waals surface area contributed by atoms with Gasteiger partial charge < -0.3 is 15.2 Å². The first kappa shape index (κ1) is 12.9. The van der Waals surface area contributed by atoms with Crippen LogP contribution in [0.25, 0.3) is 0 Å². The fourth-order valence-electron chi connectivity index (χ4n) is 1.07. The van der Waals surface area contributed by atoms with Gasteiger partial charge in [0.05, 0.1) is 25.4 Å². The molecule has 0 radical (unpaired) electrons. The van der Waals surface area contributed by atoms with E-state index in [1.54, 1.807) is 12.3 Å². The number of anilines is 1. The van der Waals surface area contributed by atoms with Crippen LogP contribution in [0, 0.1) is 11.3 Å². The van der Waals surface area contributed by atoms with Gasteiger partial charge in [-0.05, 0) is 22.0 Å². The molecular formula is C10H12BrN3O2. The molecule has 0 aliphatic carbocycles. The van der Waals surface area contributed by atoms with Crippen LogP contribution in [-0.2, 0) is 4.74 Å². The molecule has 0 saturated carbocycles. The molecule has 2 N–H and O–H groups in total. The lowest BCUT2D eigenvalue weighted by atomic mass is 10.3. The average Bonchev–Trinajstić information content (AvgIpc) is 2.30. The van der Waals surface area contributed by atoms with E-state index in [0.29, 0.717) is 31.1 Å². The Morgan fingerprint density at radius 2 is 2.38 bits per heavy atom. The van der Waals surface area contributed by atoms with Crippen LogP contribution in [0.5, 0.6) is 0 Å². The minimum atomic E-state index is 0.0139. The second-order valence-corrected chi connectivity index (χ2v) is 3.84. The number of aliphatic hydroxyl groups is 1. The predicted octanol–water partition coefficient (Wildman–Crippen LogP) is 1.14. The van der Waals surface area contributed by atoms with Crippen molar-refractivity contribution in [2.45, 2.75) is 0 Å². The minimum absolute atomic E-state index is 0.0139. The Hall–Kier alpha value is -1.16. The number of nitriles is 1. The van der Waals surface area contributed by atoms with E-state index in [-0.39, 0.29) is 6.61 Å². The zero-order chi connectivity index (χ0) is 11.8. The quantitative estimate of drug-likeness (QED) is 0.767. The van der Waals surface area contributed by atoms with Crippen LogP contribution < -0.4 is 5.32 Å². The lowest BCUT2D eigenvalue weighted by molar-refractivity contribution is 0.0992. The Balaban J connectivity index is 2.45. The molecule has 86 valence electrons. The van der Waals surface area contributed by atoms with Gasteiger partial charge in [-0.15, -0.1) is 0 Å². The van der Waals surface area contributed by atoms with E-state index in [2.05, 4.69) is 32.3 Å². The molecule has 1 rings (SSSR count). The van der Waals surface area contributed by atoms with Gasteiger partial charge in [0.15, 0.2) is 0 Å². The number of nitrogens with one attached hydrogen (secondary N) is 1. The zero-order valence-corrected chi connectivity index (χ0v) is 10.2. The molecular weight excluding hydrogens is 274 g/mol. The van der Waals surface area contributed by atoms with Crippen LogP contribution in [0.2, 0.25) is 0 Å². The summed E-state index contributed by atoms with van der Waals surface area (Å²) in [6.07, 6.45) is 1.62. The summed E-state index contributed by atoms with van der Waals surface area (Å²) in [5.41, 5.74) is 0.483. The highest BCUT2D eigenvalue weighted by atomic mass is 79.9. The highest BCUT2D eigenvalue weighted by Crippen LogP contribution is 2.16. The molecule has 1 aromatic rings. The van der Waals surface area contributed by atoms with Crippen LogP contribution in [0.15, 0.2) is 16.7 Å². The van der Waals surface area contributed by atoms with E-state index in [1.165, 1.54) is 0 Å². The Morgan fingerprint density at radius 1 is 1.56 bits per heavy atom. The topological polar surface area (TPSA) is 78.2 Å². The molecule has 0 saturated heterocycles. The summed E-state index contributed by atoms with van der Waals surface area (Å²) in [5, 5.41) is 20.3. The van der Waals surface area contributed by atoms with E-state index < -0.39 is 0 Å². The van der Waals surface area contributed by atoms with Gasteiger partial charge in [0.1, 0.15) is 11.9 Å². The lowest BCUT2D eigenvalue weighted by Crippen LogP contribution is -2.12. The van der Waals surface area contributed by atoms with Gasteiger partial charge in [-0.25, -0.2) is 4.98 Å². The van der Waals surface area contributed by atoms with Crippen molar-refractivity contribution in [3.8, 4) is 6.07 Å². The molecule has 1 aromatic heterocycles. The fraction of sp³-hybridized carbons (Fsp3) is 0.400. The van der Waals surface area contributed by atoms with Gasteiger partial charge in [-0.3, -0.25) is 0 Å². The fourth-order valence-corrected chi connectivity index (χ4v) is 1.40. The van der Waals surface area contributed by atoms with Crippen molar-refractivity contribution in [3.63, 3.8) is 0 Å². The number of ether oxygens (including phenoxy) is 1. The molecule has 16 heavy (non-hydrogen) atoms. The number of hydrogen-bond acceptors (Lipinski definition) is 5. The first-order chi connectivity index (χ1) is 7.77. The predicted molar refractivity (Wildman–Crippen MR) is 63.0 cm³/mol. The summed E-state index contributed by atoms with van der Waals surface area (Å²) in [4.78, 5) is 4.08. The molecule has 0 atom stereocenters. The molecule has 5 nitrogen and oxygen atoms in total. The summed E-state index contributed by atoms with van der Waals surface area (Å²) >= 11 is 3.25. The Kier molecular flexibility index (Phi) is 5.78. The van der Waals surface area contributed by atoms with Crippen molar-refractivity contribution in [2.75, 3.05) is 31.7 Å². The molecule has 0 aliphatic rings. The van der Waals surface area contributed by atoms with E-state index in [4.69, 9.17) is 15.1 Å². The molecule has 0 aliphatic heterocycles. The summed E-state index contributed by atoms with van der Waals surface area (Å²) < 4.78 is 5.84. The number of pyridine rings is 1. The van der Waals surface area contributed by atoms with E-state index in [9.17, 15) is 0 Å². The first-order valence-electron chi connectivity index (χ1n) is 4.76. The first-order valence-corrected chi connectivity index (χ1v) is 5.55. The zero-order valence-electron chi connectivity index (χ0n) is 8.61. The molecule has 0 amide bonds. The third kappa shape index (κ3) is 4.14. The maximum atomic E-state index is 8.87. The highest BCUT2D eigenvalue weighted by Gasteiger charge is 2.03. The lowest BCUT2D eigenvalue weighted by Gasteiger charge is -2.07. The monoisotopic (exact) mass is 285 g/mol. The Morgan fingerprint density at radius 3 is 3.06 bits per heavy atom. The van der Waals surface area contributed by atoms with Gasteiger partial charge in [-0.2, -0.15) is 5.26 Å². The summed E-state index contributed by atoms with van der Waals surface area (Å²) in [6.45, 7) is 1.34. The minimum Gasteiger partial charge on any atom is -0.394 e. The van der Waals surface area contributed by atoms with Crippen LogP contribution in [0.1, 0.15) is 5.56 Å². The van der Waals surface area contributed by atoms with Crippen LogP contribution in [0.3, 0.4) is 0 Å². The van der Waals surface area contributed by atoms with E-state index >= 15 is 0 Å². The highest BCUT2D eigenvalue weighted by molar-refractivity contribution is 9.10. The van der Waals surface area contributed by atoms with Gasteiger partial charge >= 0.3 is 0 Å². The molecule has 0 spiro atoms. The molecule has 6 heteroatoms. The van der Waals surface area contributed by atoms with Crippen LogP contribution in [-0.4, -0.2) is 36.5 Å². The third-order valence-electron chi connectivity index (χ3n) is 1.75. The van der Waals surface area contributed by atoms with Crippen molar-refractivity contribution in [1.29, 1.82) is 5.26 Å². The smallest absolute Gasteiger partial charge is 0.144 e. The number of hydrogen-bond donors (Lipinski definition) is 2. The number of nitrogens with zero attached hydrogens (tertiary/aromatic N) is 2. The molecule has 0 bridgehead atoms. The average molecular weight is 286 g/mol. The standard InChI is InChI=1S/C10H12BrN3O2/c11-9-5-8(6-12)10(14-7-9)13-1-3-16-4-2-15/h5,7,15H,1-4H2,(H,13,14). The number of aromatic nitrogens is 1. The number of halogens is 1. The van der Waals surface area contributed by atoms with E-state index in [0.717, 1.165) is 4.47 Å². The van der Waals surface area contributed by atoms with Crippen molar-refractivity contribution in [1.82, 2.24) is 4.98 Å². The Bertz CT molecular complexity index is 379. The largest absolute Gasteiger partial charge is 0.394 e. The van der Waals surface area contributed by atoms with Gasteiger partial charge in [0.2, 0.25) is 0 Å². The van der Waals surface area contributed by atoms with Crippen molar-refractivity contribution >= 4 is 21.7 Å². The third-order valence-corrected chi connectivity index (χ3v) is 2.18. The second kappa shape index (κ2) is 7.17. The molecule has 0 unspecified atom stereocenters. The van der Waals surface area contributed by atoms with Crippen molar-refractivity contribution < 1.29 is 9.84 Å². The second-order valence-electron chi connectivity index (χ2n) is 2.92. The summed E-state index contributed by atoms with van der Waals surface area (Å²) in [6, 6.07) is 3.75. The van der Waals surface area contributed by atoms with Crippen molar-refractivity contribution in [3.05, 3.63) is 22.3 Å². The SMILES string of the molecule is N#Cc1cc(Br)cnc1NCCOCCO. The number of aliphatic hydroxyl groups excluding tert-OH is 1. The van der Waals surface area contributed by atoms with Crippen LogP contribution in [0.4, 0.5) is 5.82 Å². The maximum Gasteiger partial charge on any atom is 0.144 e. The van der Waals surface area contributed by atoms with E-state index in [1.807, 2.05) is 0 Å². The molecule has 0 aromatic carbocycles. The summed E-state index contributed by atoms with van der Waals surface area (Å²) in [7, 11) is 0. The normalized spacial score (nSPS) is 9.81. The van der Waals surface area contributed by atoms with Crippen molar-refractivity contribution in [2.24, 2.45) is 0 Å². The number of rotatable bonds is 6. The molecule has 0 fully saturated rings. The van der Waals surface area contributed by atoms with Gasteiger partial charge in [0, 0.05) is 17.2 Å². The Labute approximate surface area is 102 Å². The summed E-state index contributed by atoms with van der Waals surface area (Å²) in [5.74, 6) is 0.540. The van der Waals surface area contributed by atoms with Gasteiger partial charge in [-0.1, -0.05) is 0 Å².